The number of phosphoric acid groups is 1. The molecule has 0 heterocycles. The zero-order valence-corrected chi connectivity index (χ0v) is 36.2. The summed E-state index contributed by atoms with van der Waals surface area (Å²) in [7, 11) is -4.43. The van der Waals surface area contributed by atoms with Crippen molar-refractivity contribution in [3.05, 3.63) is 72.9 Å². The Bertz CT molecular complexity index is 1150. The molecule has 10 heteroatoms. The van der Waals surface area contributed by atoms with Gasteiger partial charge in [-0.25, -0.2) is 4.57 Å². The van der Waals surface area contributed by atoms with Crippen molar-refractivity contribution in [3.63, 3.8) is 0 Å². The van der Waals surface area contributed by atoms with Crippen molar-refractivity contribution >= 4 is 19.7 Å². The van der Waals surface area contributed by atoms with Crippen LogP contribution in [0.15, 0.2) is 72.9 Å². The summed E-state index contributed by atoms with van der Waals surface area (Å²) in [6.45, 7) is 3.39. The number of amides is 1. The monoisotopic (exact) mass is 806 g/mol. The third-order valence-corrected chi connectivity index (χ3v) is 9.89. The lowest BCUT2D eigenvalue weighted by Gasteiger charge is -2.15. The zero-order chi connectivity index (χ0) is 41.1. The number of allylic oxidation sites excluding steroid dienone is 12. The molecule has 1 amide bonds. The summed E-state index contributed by atoms with van der Waals surface area (Å²) in [6, 6.07) is 0. The first-order valence-corrected chi connectivity index (χ1v) is 23.4. The quantitative estimate of drug-likeness (QED) is 0.0241. The molecule has 0 spiro atoms. The highest BCUT2D eigenvalue weighted by molar-refractivity contribution is 7.47. The van der Waals surface area contributed by atoms with Gasteiger partial charge in [-0.15, -0.1) is 0 Å². The second kappa shape index (κ2) is 42.1. The molecule has 0 saturated heterocycles. The van der Waals surface area contributed by atoms with Gasteiger partial charge in [-0.2, -0.15) is 0 Å². The molecule has 0 aromatic carbocycles. The van der Waals surface area contributed by atoms with E-state index in [1.165, 1.54) is 57.8 Å². The lowest BCUT2D eigenvalue weighted by atomic mass is 10.0. The molecule has 3 N–H and O–H groups in total. The molecule has 0 radical (unpaired) electrons. The lowest BCUT2D eigenvalue weighted by molar-refractivity contribution is -0.147. The van der Waals surface area contributed by atoms with Crippen LogP contribution in [0.5, 0.6) is 0 Å². The summed E-state index contributed by atoms with van der Waals surface area (Å²) in [5, 5.41) is 12.7. The van der Waals surface area contributed by atoms with Gasteiger partial charge in [-0.05, 0) is 64.2 Å². The van der Waals surface area contributed by atoms with Gasteiger partial charge in [0.2, 0.25) is 5.91 Å². The second-order valence-corrected chi connectivity index (χ2v) is 15.7. The number of hydrogen-bond acceptors (Lipinski definition) is 7. The van der Waals surface area contributed by atoms with E-state index in [4.69, 9.17) is 13.8 Å². The van der Waals surface area contributed by atoms with Crippen LogP contribution in [0.4, 0.5) is 0 Å². The minimum Gasteiger partial charge on any atom is -0.463 e. The molecular formula is C46H80NO8P. The predicted molar refractivity (Wildman–Crippen MR) is 233 cm³/mol. The van der Waals surface area contributed by atoms with Crippen molar-refractivity contribution in [1.82, 2.24) is 5.32 Å². The van der Waals surface area contributed by atoms with Crippen LogP contribution in [-0.2, 0) is 27.9 Å². The first-order valence-electron chi connectivity index (χ1n) is 21.9. The van der Waals surface area contributed by atoms with Crippen LogP contribution < -0.4 is 5.32 Å². The number of carbonyl (C=O) groups excluding carboxylic acids is 2. The molecule has 56 heavy (non-hydrogen) atoms. The highest BCUT2D eigenvalue weighted by atomic mass is 31.2. The van der Waals surface area contributed by atoms with E-state index in [0.717, 1.165) is 89.9 Å². The van der Waals surface area contributed by atoms with E-state index in [1.807, 2.05) is 0 Å². The standard InChI is InChI=1S/C46H80NO8P/c1-3-5-7-9-11-13-15-17-18-19-20-21-22-23-24-25-26-27-28-30-32-34-36-38-45(49)47-40-41-54-56(51,52)55-43-44(48)42-53-46(50)39-37-35-33-31-29-16-14-12-10-8-6-4-2/h5,7,11,13,17-18,20-21,23-24,26-27,44,48H,3-4,6,8-10,12,14-16,19,22,25,28-43H2,1-2H3,(H,47,49)(H,51,52)/b7-5-,13-11-,18-17-,21-20-,24-23-,27-26-. The number of nitrogens with one attached hydrogen (secondary N) is 1. The van der Waals surface area contributed by atoms with Crippen molar-refractivity contribution in [2.45, 2.75) is 180 Å². The fraction of sp³-hybridized carbons (Fsp3) is 0.696. The summed E-state index contributed by atoms with van der Waals surface area (Å²) in [5.74, 6) is -0.545. The zero-order valence-electron chi connectivity index (χ0n) is 35.3. The number of aliphatic hydroxyl groups is 1. The van der Waals surface area contributed by atoms with Gasteiger partial charge in [0.25, 0.3) is 0 Å². The fourth-order valence-corrected chi connectivity index (χ4v) is 6.37. The van der Waals surface area contributed by atoms with Gasteiger partial charge in [0.15, 0.2) is 0 Å². The van der Waals surface area contributed by atoms with Crippen molar-refractivity contribution < 1.29 is 37.9 Å². The van der Waals surface area contributed by atoms with E-state index in [2.05, 4.69) is 92.1 Å². The maximum atomic E-state index is 12.1. The van der Waals surface area contributed by atoms with Gasteiger partial charge in [0.05, 0.1) is 13.2 Å². The molecule has 0 fully saturated rings. The molecule has 322 valence electrons. The van der Waals surface area contributed by atoms with Gasteiger partial charge in [-0.1, -0.05) is 170 Å². The number of hydrogen-bond donors (Lipinski definition) is 3. The van der Waals surface area contributed by atoms with Crippen LogP contribution >= 0.6 is 7.82 Å². The first-order chi connectivity index (χ1) is 27.3. The molecule has 0 rings (SSSR count). The number of carbonyl (C=O) groups is 2. The number of unbranched alkanes of at least 4 members (excludes halogenated alkanes) is 15. The van der Waals surface area contributed by atoms with Gasteiger partial charge < -0.3 is 20.1 Å². The molecule has 2 atom stereocenters. The molecule has 0 saturated carbocycles. The number of rotatable bonds is 40. The van der Waals surface area contributed by atoms with E-state index < -0.39 is 26.5 Å². The molecule has 2 unspecified atom stereocenters. The summed E-state index contributed by atoms with van der Waals surface area (Å²) < 4.78 is 26.8. The van der Waals surface area contributed by atoms with Gasteiger partial charge in [-0.3, -0.25) is 18.6 Å². The average molecular weight is 806 g/mol. The Hall–Kier alpha value is -2.55. The summed E-state index contributed by atoms with van der Waals surface area (Å²) in [4.78, 5) is 33.9. The Morgan fingerprint density at radius 1 is 0.571 bits per heavy atom. The third kappa shape index (κ3) is 42.6. The highest BCUT2D eigenvalue weighted by Gasteiger charge is 2.23. The molecule has 0 aliphatic carbocycles. The largest absolute Gasteiger partial charge is 0.472 e. The van der Waals surface area contributed by atoms with Crippen LogP contribution in [0.2, 0.25) is 0 Å². The predicted octanol–water partition coefficient (Wildman–Crippen LogP) is 12.3. The van der Waals surface area contributed by atoms with Gasteiger partial charge in [0, 0.05) is 19.4 Å². The fourth-order valence-electron chi connectivity index (χ4n) is 5.62. The first kappa shape index (κ1) is 53.5. The number of aliphatic hydroxyl groups excluding tert-OH is 1. The topological polar surface area (TPSA) is 131 Å². The molecule has 0 bridgehead atoms. The summed E-state index contributed by atoms with van der Waals surface area (Å²) in [5.41, 5.74) is 0. The van der Waals surface area contributed by atoms with E-state index >= 15 is 0 Å². The van der Waals surface area contributed by atoms with Crippen LogP contribution in [0.3, 0.4) is 0 Å². The van der Waals surface area contributed by atoms with Gasteiger partial charge in [0.1, 0.15) is 12.7 Å². The molecule has 0 aliphatic heterocycles. The Morgan fingerprint density at radius 2 is 1.02 bits per heavy atom. The van der Waals surface area contributed by atoms with E-state index in [-0.39, 0.29) is 32.1 Å². The maximum Gasteiger partial charge on any atom is 0.472 e. The minimum absolute atomic E-state index is 0.0642. The Labute approximate surface area is 341 Å². The Morgan fingerprint density at radius 3 is 1.54 bits per heavy atom. The highest BCUT2D eigenvalue weighted by Crippen LogP contribution is 2.42. The van der Waals surface area contributed by atoms with Crippen molar-refractivity contribution in [2.24, 2.45) is 0 Å². The number of esters is 1. The number of phosphoric ester groups is 1. The van der Waals surface area contributed by atoms with Crippen LogP contribution in [0.25, 0.3) is 0 Å². The Kier molecular flexibility index (Phi) is 40.2. The van der Waals surface area contributed by atoms with Crippen molar-refractivity contribution in [1.29, 1.82) is 0 Å². The maximum absolute atomic E-state index is 12.1. The summed E-state index contributed by atoms with van der Waals surface area (Å²) >= 11 is 0. The summed E-state index contributed by atoms with van der Waals surface area (Å²) in [6.07, 6.45) is 51.2. The van der Waals surface area contributed by atoms with E-state index in [0.29, 0.717) is 6.42 Å². The average Bonchev–Trinajstić information content (AvgIpc) is 3.18. The molecule has 0 aliphatic rings. The normalized spacial score (nSPS) is 14.0. The van der Waals surface area contributed by atoms with E-state index in [9.17, 15) is 24.2 Å². The smallest absolute Gasteiger partial charge is 0.463 e. The van der Waals surface area contributed by atoms with E-state index in [1.54, 1.807) is 0 Å². The molecule has 0 aromatic heterocycles. The number of ether oxygens (including phenoxy) is 1. The van der Waals surface area contributed by atoms with Crippen LogP contribution in [0, 0.1) is 0 Å². The third-order valence-electron chi connectivity index (χ3n) is 8.90. The van der Waals surface area contributed by atoms with Crippen molar-refractivity contribution in [2.75, 3.05) is 26.4 Å². The Balaban J connectivity index is 3.67. The molecule has 0 aromatic rings. The van der Waals surface area contributed by atoms with Crippen LogP contribution in [-0.4, -0.2) is 54.3 Å². The second-order valence-electron chi connectivity index (χ2n) is 14.3. The van der Waals surface area contributed by atoms with Gasteiger partial charge >= 0.3 is 13.8 Å². The molecular weight excluding hydrogens is 725 g/mol. The minimum atomic E-state index is -4.43. The molecule has 9 nitrogen and oxygen atoms in total. The SMILES string of the molecule is CC/C=C\C/C=C\C/C=C\C/C=C\C/C=C\C/C=C\CCCCCCC(=O)NCCOP(=O)(O)OCC(O)COC(=O)CCCCCCCCCCCCCC. The van der Waals surface area contributed by atoms with Crippen LogP contribution in [0.1, 0.15) is 174 Å². The lowest BCUT2D eigenvalue weighted by Crippen LogP contribution is -2.27. The van der Waals surface area contributed by atoms with Crippen molar-refractivity contribution in [3.8, 4) is 0 Å².